The Morgan fingerprint density at radius 3 is 2.68 bits per heavy atom. The van der Waals surface area contributed by atoms with E-state index in [0.29, 0.717) is 33.3 Å². The van der Waals surface area contributed by atoms with E-state index in [-0.39, 0.29) is 11.8 Å². The molecule has 0 radical (unpaired) electrons. The van der Waals surface area contributed by atoms with Gasteiger partial charge < -0.3 is 15.4 Å². The number of hydrogen-bond acceptors (Lipinski definition) is 4. The topological polar surface area (TPSA) is 67.4 Å². The first-order valence-corrected chi connectivity index (χ1v) is 9.62. The SMILES string of the molecule is COc1ccc(NC(=O)c2ccc3c(c2)NC(=O)c2ccccc2S3)cc1Cl. The molecule has 2 amide bonds. The summed E-state index contributed by atoms with van der Waals surface area (Å²) in [6.45, 7) is 0. The zero-order chi connectivity index (χ0) is 19.7. The molecule has 0 saturated heterocycles. The molecule has 0 aliphatic carbocycles. The van der Waals surface area contributed by atoms with Crippen molar-refractivity contribution in [2.45, 2.75) is 9.79 Å². The summed E-state index contributed by atoms with van der Waals surface area (Å²) in [6, 6.07) is 17.7. The van der Waals surface area contributed by atoms with Crippen molar-refractivity contribution in [2.75, 3.05) is 17.7 Å². The Kier molecular flexibility index (Phi) is 4.98. The number of nitrogens with one attached hydrogen (secondary N) is 2. The number of anilines is 2. The predicted octanol–water partition coefficient (Wildman–Crippen LogP) is 5.32. The molecule has 28 heavy (non-hydrogen) atoms. The van der Waals surface area contributed by atoms with Gasteiger partial charge in [-0.15, -0.1) is 0 Å². The summed E-state index contributed by atoms with van der Waals surface area (Å²) in [7, 11) is 1.53. The van der Waals surface area contributed by atoms with Crippen LogP contribution in [-0.4, -0.2) is 18.9 Å². The van der Waals surface area contributed by atoms with E-state index in [1.165, 1.54) is 18.9 Å². The summed E-state index contributed by atoms with van der Waals surface area (Å²) in [5, 5.41) is 6.09. The van der Waals surface area contributed by atoms with Gasteiger partial charge in [0.2, 0.25) is 0 Å². The number of amides is 2. The third-order valence-electron chi connectivity index (χ3n) is 4.25. The molecule has 7 heteroatoms. The number of carbonyl (C=O) groups excluding carboxylic acids is 2. The number of carbonyl (C=O) groups is 2. The third kappa shape index (κ3) is 3.56. The second-order valence-electron chi connectivity index (χ2n) is 6.07. The predicted molar refractivity (Wildman–Crippen MR) is 111 cm³/mol. The van der Waals surface area contributed by atoms with E-state index in [9.17, 15) is 9.59 Å². The number of rotatable bonds is 3. The van der Waals surface area contributed by atoms with Crippen molar-refractivity contribution in [2.24, 2.45) is 0 Å². The molecule has 3 aromatic rings. The van der Waals surface area contributed by atoms with Crippen molar-refractivity contribution in [3.63, 3.8) is 0 Å². The highest BCUT2D eigenvalue weighted by Crippen LogP contribution is 2.39. The van der Waals surface area contributed by atoms with Gasteiger partial charge in [0.05, 0.1) is 23.4 Å². The molecule has 1 aliphatic heterocycles. The van der Waals surface area contributed by atoms with E-state index in [1.54, 1.807) is 36.4 Å². The molecule has 0 aromatic heterocycles. The van der Waals surface area contributed by atoms with Gasteiger partial charge in [0.1, 0.15) is 5.75 Å². The fourth-order valence-electron chi connectivity index (χ4n) is 2.86. The van der Waals surface area contributed by atoms with Gasteiger partial charge in [-0.25, -0.2) is 0 Å². The first-order valence-electron chi connectivity index (χ1n) is 8.42. The largest absolute Gasteiger partial charge is 0.495 e. The normalized spacial score (nSPS) is 12.3. The molecule has 0 saturated carbocycles. The molecule has 0 atom stereocenters. The second kappa shape index (κ2) is 7.58. The number of methoxy groups -OCH3 is 1. The molecule has 140 valence electrons. The summed E-state index contributed by atoms with van der Waals surface area (Å²) in [4.78, 5) is 26.9. The lowest BCUT2D eigenvalue weighted by Gasteiger charge is -2.11. The Hall–Kier alpha value is -2.96. The van der Waals surface area contributed by atoms with Crippen LogP contribution in [0, 0.1) is 0 Å². The summed E-state index contributed by atoms with van der Waals surface area (Å²) in [5.74, 6) is 0.0374. The van der Waals surface area contributed by atoms with E-state index in [4.69, 9.17) is 16.3 Å². The highest BCUT2D eigenvalue weighted by Gasteiger charge is 2.20. The van der Waals surface area contributed by atoms with Crippen LogP contribution in [0.1, 0.15) is 20.7 Å². The molecule has 3 aromatic carbocycles. The second-order valence-corrected chi connectivity index (χ2v) is 7.56. The van der Waals surface area contributed by atoms with Gasteiger partial charge in [-0.1, -0.05) is 35.5 Å². The molecule has 1 aliphatic rings. The molecular weight excluding hydrogens is 396 g/mol. The molecule has 1 heterocycles. The van der Waals surface area contributed by atoms with E-state index in [2.05, 4.69) is 10.6 Å². The van der Waals surface area contributed by atoms with Crippen molar-refractivity contribution >= 4 is 46.6 Å². The fraction of sp³-hybridized carbons (Fsp3) is 0.0476. The van der Waals surface area contributed by atoms with Crippen LogP contribution in [-0.2, 0) is 0 Å². The van der Waals surface area contributed by atoms with Gasteiger partial charge in [-0.3, -0.25) is 9.59 Å². The highest BCUT2D eigenvalue weighted by atomic mass is 35.5. The molecule has 0 fully saturated rings. The molecule has 0 unspecified atom stereocenters. The van der Waals surface area contributed by atoms with Gasteiger partial charge in [-0.2, -0.15) is 0 Å². The van der Waals surface area contributed by atoms with Crippen molar-refractivity contribution < 1.29 is 14.3 Å². The molecule has 0 spiro atoms. The van der Waals surface area contributed by atoms with Crippen LogP contribution in [0.25, 0.3) is 0 Å². The zero-order valence-corrected chi connectivity index (χ0v) is 16.4. The fourth-order valence-corrected chi connectivity index (χ4v) is 4.12. The van der Waals surface area contributed by atoms with Gasteiger partial charge >= 0.3 is 0 Å². The third-order valence-corrected chi connectivity index (χ3v) is 5.70. The summed E-state index contributed by atoms with van der Waals surface area (Å²) in [6.07, 6.45) is 0. The maximum absolute atomic E-state index is 12.6. The van der Waals surface area contributed by atoms with E-state index in [0.717, 1.165) is 9.79 Å². The Balaban J connectivity index is 1.59. The van der Waals surface area contributed by atoms with Crippen molar-refractivity contribution in [1.29, 1.82) is 0 Å². The van der Waals surface area contributed by atoms with Crippen molar-refractivity contribution in [3.05, 3.63) is 76.8 Å². The van der Waals surface area contributed by atoms with Crippen LogP contribution in [0.4, 0.5) is 11.4 Å². The standard InChI is InChI=1S/C21H15ClN2O3S/c1-27-17-8-7-13(11-15(17)22)23-20(25)12-6-9-19-16(10-12)24-21(26)14-4-2-3-5-18(14)28-19/h2-11H,1H3,(H,23,25)(H,24,26). The lowest BCUT2D eigenvalue weighted by molar-refractivity contribution is 0.101. The minimum Gasteiger partial charge on any atom is -0.495 e. The van der Waals surface area contributed by atoms with Gasteiger partial charge in [-0.05, 0) is 48.5 Å². The molecule has 5 nitrogen and oxygen atoms in total. The van der Waals surface area contributed by atoms with Crippen molar-refractivity contribution in [1.82, 2.24) is 0 Å². The van der Waals surface area contributed by atoms with Gasteiger partial charge in [0.25, 0.3) is 11.8 Å². The molecule has 4 rings (SSSR count). The first-order chi connectivity index (χ1) is 13.5. The number of fused-ring (bicyclic) bond motifs is 2. The zero-order valence-electron chi connectivity index (χ0n) is 14.8. The van der Waals surface area contributed by atoms with Crippen LogP contribution in [0.3, 0.4) is 0 Å². The number of benzene rings is 3. The quantitative estimate of drug-likeness (QED) is 0.613. The van der Waals surface area contributed by atoms with Crippen LogP contribution in [0.5, 0.6) is 5.75 Å². The van der Waals surface area contributed by atoms with Gasteiger partial charge in [0, 0.05) is 21.0 Å². The smallest absolute Gasteiger partial charge is 0.256 e. The maximum Gasteiger partial charge on any atom is 0.256 e. The Labute approximate surface area is 171 Å². The van der Waals surface area contributed by atoms with E-state index >= 15 is 0 Å². The molecule has 0 bridgehead atoms. The van der Waals surface area contributed by atoms with E-state index < -0.39 is 0 Å². The lowest BCUT2D eigenvalue weighted by Crippen LogP contribution is -2.14. The molecular formula is C21H15ClN2O3S. The first kappa shape index (κ1) is 18.4. The van der Waals surface area contributed by atoms with E-state index in [1.807, 2.05) is 24.3 Å². The molecule has 2 N–H and O–H groups in total. The average Bonchev–Trinajstić information content (AvgIpc) is 2.83. The minimum atomic E-state index is -0.301. The highest BCUT2D eigenvalue weighted by molar-refractivity contribution is 7.99. The Bertz CT molecular complexity index is 1100. The van der Waals surface area contributed by atoms with Crippen molar-refractivity contribution in [3.8, 4) is 5.75 Å². The van der Waals surface area contributed by atoms with Crippen LogP contribution in [0.2, 0.25) is 5.02 Å². The number of ether oxygens (including phenoxy) is 1. The minimum absolute atomic E-state index is 0.193. The number of hydrogen-bond donors (Lipinski definition) is 2. The van der Waals surface area contributed by atoms with Crippen LogP contribution in [0.15, 0.2) is 70.5 Å². The summed E-state index contributed by atoms with van der Waals surface area (Å²) >= 11 is 7.60. The average molecular weight is 411 g/mol. The Morgan fingerprint density at radius 2 is 1.89 bits per heavy atom. The van der Waals surface area contributed by atoms with Gasteiger partial charge in [0.15, 0.2) is 0 Å². The monoisotopic (exact) mass is 410 g/mol. The lowest BCUT2D eigenvalue weighted by atomic mass is 10.1. The maximum atomic E-state index is 12.6. The summed E-state index contributed by atoms with van der Waals surface area (Å²) in [5.41, 5.74) is 2.20. The van der Waals surface area contributed by atoms with Crippen LogP contribution >= 0.6 is 23.4 Å². The number of halogens is 1. The Morgan fingerprint density at radius 1 is 1.07 bits per heavy atom. The van der Waals surface area contributed by atoms with Crippen LogP contribution < -0.4 is 15.4 Å². The summed E-state index contributed by atoms with van der Waals surface area (Å²) < 4.78 is 5.11.